The second kappa shape index (κ2) is 14.3. The first-order valence-corrected chi connectivity index (χ1v) is 7.65. The van der Waals surface area contributed by atoms with Crippen LogP contribution in [0.25, 0.3) is 11.1 Å². The molecular formula is C19H28O2. The molecule has 1 N–H and O–H groups in total. The lowest BCUT2D eigenvalue weighted by molar-refractivity contribution is 0.112. The van der Waals surface area contributed by atoms with Crippen molar-refractivity contribution in [3.8, 4) is 16.9 Å². The van der Waals surface area contributed by atoms with Crippen molar-refractivity contribution in [3.63, 3.8) is 0 Å². The van der Waals surface area contributed by atoms with Crippen molar-refractivity contribution in [2.45, 2.75) is 41.5 Å². The van der Waals surface area contributed by atoms with E-state index in [1.165, 1.54) is 6.07 Å². The summed E-state index contributed by atoms with van der Waals surface area (Å²) in [6.45, 7) is 12.0. The predicted molar refractivity (Wildman–Crippen MR) is 93.0 cm³/mol. The molecule has 0 bridgehead atoms. The highest BCUT2D eigenvalue weighted by atomic mass is 16.3. The topological polar surface area (TPSA) is 37.3 Å². The van der Waals surface area contributed by atoms with Crippen LogP contribution in [0.3, 0.4) is 0 Å². The van der Waals surface area contributed by atoms with Gasteiger partial charge in [-0.3, -0.25) is 4.79 Å². The van der Waals surface area contributed by atoms with Gasteiger partial charge in [0.05, 0.1) is 5.56 Å². The zero-order valence-electron chi connectivity index (χ0n) is 14.1. The van der Waals surface area contributed by atoms with Crippen LogP contribution in [0.2, 0.25) is 0 Å². The molecule has 2 aromatic carbocycles. The molecule has 0 aliphatic carbocycles. The minimum atomic E-state index is 0.0182. The molecule has 0 radical (unpaired) electrons. The monoisotopic (exact) mass is 288 g/mol. The zero-order chi connectivity index (χ0) is 16.7. The lowest BCUT2D eigenvalue weighted by Crippen LogP contribution is -1.83. The molecule has 2 aromatic rings. The molecular weight excluding hydrogens is 260 g/mol. The van der Waals surface area contributed by atoms with Crippen molar-refractivity contribution < 1.29 is 9.90 Å². The Morgan fingerprint density at radius 3 is 1.76 bits per heavy atom. The average molecular weight is 288 g/mol. The molecule has 2 rings (SSSR count). The van der Waals surface area contributed by atoms with Gasteiger partial charge in [0.1, 0.15) is 5.75 Å². The molecule has 0 heterocycles. The van der Waals surface area contributed by atoms with Gasteiger partial charge in [0.25, 0.3) is 0 Å². The molecule has 0 aliphatic rings. The molecule has 0 aromatic heterocycles. The van der Waals surface area contributed by atoms with E-state index < -0.39 is 0 Å². The van der Waals surface area contributed by atoms with Gasteiger partial charge in [-0.05, 0) is 23.3 Å². The Bertz CT molecular complexity index is 476. The highest BCUT2D eigenvalue weighted by molar-refractivity contribution is 5.82. The van der Waals surface area contributed by atoms with Crippen LogP contribution < -0.4 is 0 Å². The van der Waals surface area contributed by atoms with E-state index in [2.05, 4.69) is 0 Å². The lowest BCUT2D eigenvalue weighted by atomic mass is 10.0. The van der Waals surface area contributed by atoms with Crippen LogP contribution in [0.15, 0.2) is 48.5 Å². The third kappa shape index (κ3) is 7.31. The standard InChI is InChI=1S/C13H10O2.3C2H6/c14-9-12-8-11(6-7-13(12)15)10-4-2-1-3-5-10;3*1-2/h1-9,15H;3*1-2H3. The lowest BCUT2D eigenvalue weighted by Gasteiger charge is -2.03. The maximum absolute atomic E-state index is 10.7. The van der Waals surface area contributed by atoms with Crippen molar-refractivity contribution in [2.24, 2.45) is 0 Å². The van der Waals surface area contributed by atoms with E-state index in [1.54, 1.807) is 12.1 Å². The van der Waals surface area contributed by atoms with Gasteiger partial charge in [0.2, 0.25) is 0 Å². The molecule has 0 unspecified atom stereocenters. The summed E-state index contributed by atoms with van der Waals surface area (Å²) in [7, 11) is 0. The first-order chi connectivity index (χ1) is 10.3. The van der Waals surface area contributed by atoms with E-state index in [0.29, 0.717) is 11.8 Å². The van der Waals surface area contributed by atoms with Gasteiger partial charge >= 0.3 is 0 Å². The number of carbonyl (C=O) groups is 1. The number of rotatable bonds is 2. The average Bonchev–Trinajstić information content (AvgIpc) is 2.61. The highest BCUT2D eigenvalue weighted by Crippen LogP contribution is 2.24. The third-order valence-corrected chi connectivity index (χ3v) is 2.26. The Balaban J connectivity index is 0. The number of phenols is 1. The number of hydrogen-bond donors (Lipinski definition) is 1. The van der Waals surface area contributed by atoms with Crippen LogP contribution >= 0.6 is 0 Å². The summed E-state index contributed by atoms with van der Waals surface area (Å²) in [4.78, 5) is 10.7. The molecule has 2 nitrogen and oxygen atoms in total. The van der Waals surface area contributed by atoms with Crippen molar-refractivity contribution in [2.75, 3.05) is 0 Å². The molecule has 0 saturated carbocycles. The van der Waals surface area contributed by atoms with E-state index >= 15 is 0 Å². The number of aromatic hydroxyl groups is 1. The maximum Gasteiger partial charge on any atom is 0.153 e. The Morgan fingerprint density at radius 2 is 1.29 bits per heavy atom. The number of phenolic OH excluding ortho intramolecular Hbond substituents is 1. The Kier molecular flexibility index (Phi) is 14.5. The number of carbonyl (C=O) groups excluding carboxylic acids is 1. The fourth-order valence-electron chi connectivity index (χ4n) is 1.46. The van der Waals surface area contributed by atoms with Crippen molar-refractivity contribution >= 4 is 6.29 Å². The van der Waals surface area contributed by atoms with Gasteiger partial charge in [-0.25, -0.2) is 0 Å². The summed E-state index contributed by atoms with van der Waals surface area (Å²) in [5, 5.41) is 9.35. The molecule has 0 saturated heterocycles. The van der Waals surface area contributed by atoms with Crippen molar-refractivity contribution in [3.05, 3.63) is 54.1 Å². The van der Waals surface area contributed by atoms with Crippen LogP contribution in [0, 0.1) is 0 Å². The van der Waals surface area contributed by atoms with Gasteiger partial charge < -0.3 is 5.11 Å². The fraction of sp³-hybridized carbons (Fsp3) is 0.316. The molecule has 0 fully saturated rings. The summed E-state index contributed by atoms with van der Waals surface area (Å²) in [5.74, 6) is 0.0182. The predicted octanol–water partition coefficient (Wildman–Crippen LogP) is 5.95. The summed E-state index contributed by atoms with van der Waals surface area (Å²) < 4.78 is 0. The summed E-state index contributed by atoms with van der Waals surface area (Å²) in [5.41, 5.74) is 2.27. The second-order valence-electron chi connectivity index (χ2n) is 3.26. The van der Waals surface area contributed by atoms with E-state index in [4.69, 9.17) is 0 Å². The minimum absolute atomic E-state index is 0.0182. The number of hydrogen-bond acceptors (Lipinski definition) is 2. The fourth-order valence-corrected chi connectivity index (χ4v) is 1.46. The Labute approximate surface area is 129 Å². The van der Waals surface area contributed by atoms with E-state index in [0.717, 1.165) is 11.1 Å². The highest BCUT2D eigenvalue weighted by Gasteiger charge is 2.02. The SMILES string of the molecule is CC.CC.CC.O=Cc1cc(-c2ccccc2)ccc1O. The van der Waals surface area contributed by atoms with E-state index in [-0.39, 0.29) is 5.75 Å². The summed E-state index contributed by atoms with van der Waals surface area (Å²) in [6.07, 6.45) is 0.655. The van der Waals surface area contributed by atoms with Crippen molar-refractivity contribution in [1.82, 2.24) is 0 Å². The largest absolute Gasteiger partial charge is 0.507 e. The molecule has 0 spiro atoms. The Hall–Kier alpha value is -2.09. The van der Waals surface area contributed by atoms with Crippen LogP contribution in [-0.2, 0) is 0 Å². The smallest absolute Gasteiger partial charge is 0.153 e. The number of benzene rings is 2. The Morgan fingerprint density at radius 1 is 0.762 bits per heavy atom. The molecule has 0 atom stereocenters. The number of aldehydes is 1. The molecule has 2 heteroatoms. The first kappa shape index (κ1) is 21.2. The van der Waals surface area contributed by atoms with Crippen molar-refractivity contribution in [1.29, 1.82) is 0 Å². The molecule has 0 aliphatic heterocycles. The first-order valence-electron chi connectivity index (χ1n) is 7.65. The van der Waals surface area contributed by atoms with Crippen LogP contribution in [0.5, 0.6) is 5.75 Å². The molecule has 116 valence electrons. The summed E-state index contributed by atoms with van der Waals surface area (Å²) >= 11 is 0. The quantitative estimate of drug-likeness (QED) is 0.693. The zero-order valence-corrected chi connectivity index (χ0v) is 14.1. The van der Waals surface area contributed by atoms with E-state index in [9.17, 15) is 9.90 Å². The maximum atomic E-state index is 10.7. The van der Waals surface area contributed by atoms with Crippen LogP contribution in [0.4, 0.5) is 0 Å². The van der Waals surface area contributed by atoms with E-state index in [1.807, 2.05) is 71.9 Å². The second-order valence-corrected chi connectivity index (χ2v) is 3.26. The normalized spacial score (nSPS) is 7.90. The molecule has 21 heavy (non-hydrogen) atoms. The van der Waals surface area contributed by atoms with Gasteiger partial charge in [-0.15, -0.1) is 0 Å². The van der Waals surface area contributed by atoms with Crippen LogP contribution in [-0.4, -0.2) is 11.4 Å². The van der Waals surface area contributed by atoms with Gasteiger partial charge in [0, 0.05) is 0 Å². The van der Waals surface area contributed by atoms with Gasteiger partial charge in [-0.1, -0.05) is 77.9 Å². The van der Waals surface area contributed by atoms with Crippen LogP contribution in [0.1, 0.15) is 51.9 Å². The minimum Gasteiger partial charge on any atom is -0.507 e. The third-order valence-electron chi connectivity index (χ3n) is 2.26. The summed E-state index contributed by atoms with van der Waals surface area (Å²) in [6, 6.07) is 14.7. The molecule has 0 amide bonds. The van der Waals surface area contributed by atoms with Gasteiger partial charge in [-0.2, -0.15) is 0 Å². The van der Waals surface area contributed by atoms with Gasteiger partial charge in [0.15, 0.2) is 6.29 Å².